The topological polar surface area (TPSA) is 29.0 Å². The normalized spacial score (nSPS) is 12.7. The monoisotopic (exact) mass is 295 g/mol. The molecule has 0 saturated carbocycles. The Morgan fingerprint density at radius 3 is 2.47 bits per heavy atom. The minimum Gasteiger partial charge on any atom is -0.294 e. The Labute approximate surface area is 123 Å². The molecule has 5 heteroatoms. The van der Waals surface area contributed by atoms with Gasteiger partial charge in [0.25, 0.3) is 0 Å². The highest BCUT2D eigenvalue weighted by molar-refractivity contribution is 6.31. The van der Waals surface area contributed by atoms with Crippen LogP contribution in [0, 0.1) is 0 Å². The van der Waals surface area contributed by atoms with Crippen LogP contribution in [0.1, 0.15) is 24.2 Å². The van der Waals surface area contributed by atoms with Gasteiger partial charge in [-0.1, -0.05) is 41.4 Å². The number of aromatic nitrogens is 2. The van der Waals surface area contributed by atoms with Crippen LogP contribution in [0.5, 0.6) is 0 Å². The quantitative estimate of drug-likeness (QED) is 0.854. The zero-order valence-corrected chi connectivity index (χ0v) is 12.4. The average molecular weight is 296 g/mol. The van der Waals surface area contributed by atoms with E-state index in [0.717, 1.165) is 16.3 Å². The molecule has 0 aliphatic rings. The molecule has 3 nitrogen and oxygen atoms in total. The number of hydrogen-bond acceptors (Lipinski definition) is 3. The summed E-state index contributed by atoms with van der Waals surface area (Å²) in [6.07, 6.45) is 0. The van der Waals surface area contributed by atoms with Crippen LogP contribution in [-0.4, -0.2) is 22.1 Å². The number of rotatable bonds is 4. The molecule has 0 radical (unpaired) electrons. The van der Waals surface area contributed by atoms with Crippen molar-refractivity contribution in [2.75, 3.05) is 7.05 Å². The molecule has 0 saturated heterocycles. The SMILES string of the molecule is CC(c1ccccc1Cl)N(C)Cc1ccc(Cl)nn1. The van der Waals surface area contributed by atoms with Crippen molar-refractivity contribution in [3.05, 3.63) is 57.8 Å². The standard InChI is InChI=1S/C14H15Cl2N3/c1-10(12-5-3-4-6-13(12)15)19(2)9-11-7-8-14(16)18-17-11/h3-8,10H,9H2,1-2H3. The highest BCUT2D eigenvalue weighted by Crippen LogP contribution is 2.26. The fourth-order valence-electron chi connectivity index (χ4n) is 1.87. The third-order valence-electron chi connectivity index (χ3n) is 3.12. The van der Waals surface area contributed by atoms with Gasteiger partial charge < -0.3 is 0 Å². The zero-order chi connectivity index (χ0) is 13.8. The summed E-state index contributed by atoms with van der Waals surface area (Å²) in [6, 6.07) is 11.7. The zero-order valence-electron chi connectivity index (χ0n) is 10.8. The van der Waals surface area contributed by atoms with Gasteiger partial charge in [0.05, 0.1) is 5.69 Å². The minimum absolute atomic E-state index is 0.200. The maximum atomic E-state index is 6.21. The summed E-state index contributed by atoms with van der Waals surface area (Å²) in [6.45, 7) is 2.81. The maximum Gasteiger partial charge on any atom is 0.151 e. The van der Waals surface area contributed by atoms with E-state index in [2.05, 4.69) is 22.0 Å². The summed E-state index contributed by atoms with van der Waals surface area (Å²) >= 11 is 11.9. The molecule has 0 N–H and O–H groups in total. The highest BCUT2D eigenvalue weighted by atomic mass is 35.5. The molecule has 100 valence electrons. The van der Waals surface area contributed by atoms with Crippen LogP contribution in [0.25, 0.3) is 0 Å². The van der Waals surface area contributed by atoms with Gasteiger partial charge in [0, 0.05) is 17.6 Å². The van der Waals surface area contributed by atoms with Gasteiger partial charge in [-0.25, -0.2) is 0 Å². The van der Waals surface area contributed by atoms with Gasteiger partial charge in [-0.15, -0.1) is 5.10 Å². The molecule has 1 atom stereocenters. The number of hydrogen-bond donors (Lipinski definition) is 0. The van der Waals surface area contributed by atoms with Crippen LogP contribution in [0.2, 0.25) is 10.2 Å². The Morgan fingerprint density at radius 1 is 1.11 bits per heavy atom. The Morgan fingerprint density at radius 2 is 1.84 bits per heavy atom. The first-order chi connectivity index (χ1) is 9.08. The third kappa shape index (κ3) is 3.66. The molecule has 1 heterocycles. The van der Waals surface area contributed by atoms with Crippen LogP contribution < -0.4 is 0 Å². The average Bonchev–Trinajstić information content (AvgIpc) is 2.41. The van der Waals surface area contributed by atoms with Crippen LogP contribution in [0.4, 0.5) is 0 Å². The Hall–Kier alpha value is -1.16. The van der Waals surface area contributed by atoms with Gasteiger partial charge in [-0.05, 0) is 37.7 Å². The predicted molar refractivity (Wildman–Crippen MR) is 78.4 cm³/mol. The van der Waals surface area contributed by atoms with Gasteiger partial charge in [0.2, 0.25) is 0 Å². The Kier molecular flexibility index (Phi) is 4.75. The molecule has 2 rings (SSSR count). The van der Waals surface area contributed by atoms with Crippen LogP contribution >= 0.6 is 23.2 Å². The first kappa shape index (κ1) is 14.3. The van der Waals surface area contributed by atoms with E-state index in [1.165, 1.54) is 0 Å². The van der Waals surface area contributed by atoms with Crippen molar-refractivity contribution < 1.29 is 0 Å². The lowest BCUT2D eigenvalue weighted by molar-refractivity contribution is 0.249. The van der Waals surface area contributed by atoms with E-state index in [0.29, 0.717) is 11.7 Å². The third-order valence-corrected chi connectivity index (χ3v) is 3.66. The molecule has 2 aromatic rings. The molecule has 19 heavy (non-hydrogen) atoms. The summed E-state index contributed by atoms with van der Waals surface area (Å²) in [7, 11) is 2.03. The number of halogens is 2. The molecule has 0 spiro atoms. The first-order valence-corrected chi connectivity index (χ1v) is 6.76. The van der Waals surface area contributed by atoms with E-state index in [4.69, 9.17) is 23.2 Å². The summed E-state index contributed by atoms with van der Waals surface area (Å²) in [5.74, 6) is 0. The summed E-state index contributed by atoms with van der Waals surface area (Å²) in [5.41, 5.74) is 1.99. The molecular weight excluding hydrogens is 281 g/mol. The lowest BCUT2D eigenvalue weighted by atomic mass is 10.1. The van der Waals surface area contributed by atoms with Crippen LogP contribution in [0.15, 0.2) is 36.4 Å². The molecule has 0 fully saturated rings. The van der Waals surface area contributed by atoms with Crippen molar-refractivity contribution in [3.8, 4) is 0 Å². The van der Waals surface area contributed by atoms with Gasteiger partial charge >= 0.3 is 0 Å². The Bertz CT molecular complexity index is 543. The fraction of sp³-hybridized carbons (Fsp3) is 0.286. The van der Waals surface area contributed by atoms with Crippen LogP contribution in [-0.2, 0) is 6.54 Å². The van der Waals surface area contributed by atoms with E-state index in [1.54, 1.807) is 6.07 Å². The minimum atomic E-state index is 0.200. The lowest BCUT2D eigenvalue weighted by Crippen LogP contribution is -2.22. The van der Waals surface area contributed by atoms with Crippen molar-refractivity contribution in [3.63, 3.8) is 0 Å². The van der Waals surface area contributed by atoms with E-state index >= 15 is 0 Å². The molecule has 0 aliphatic carbocycles. The van der Waals surface area contributed by atoms with Gasteiger partial charge in [-0.2, -0.15) is 5.10 Å². The molecule has 1 aromatic carbocycles. The summed E-state index contributed by atoms with van der Waals surface area (Å²) in [4.78, 5) is 2.17. The molecule has 0 aliphatic heterocycles. The molecular formula is C14H15Cl2N3. The highest BCUT2D eigenvalue weighted by Gasteiger charge is 2.15. The van der Waals surface area contributed by atoms with Crippen molar-refractivity contribution in [2.45, 2.75) is 19.5 Å². The second kappa shape index (κ2) is 6.33. The van der Waals surface area contributed by atoms with Crippen molar-refractivity contribution in [2.24, 2.45) is 0 Å². The van der Waals surface area contributed by atoms with Crippen molar-refractivity contribution in [1.82, 2.24) is 15.1 Å². The van der Waals surface area contributed by atoms with Gasteiger partial charge in [0.15, 0.2) is 5.15 Å². The Balaban J connectivity index is 2.09. The van der Waals surface area contributed by atoms with Crippen molar-refractivity contribution in [1.29, 1.82) is 0 Å². The first-order valence-electron chi connectivity index (χ1n) is 6.00. The second-order valence-corrected chi connectivity index (χ2v) is 5.25. The predicted octanol–water partition coefficient (Wildman–Crippen LogP) is 3.98. The molecule has 0 amide bonds. The van der Waals surface area contributed by atoms with Crippen LogP contribution in [0.3, 0.4) is 0 Å². The molecule has 1 unspecified atom stereocenters. The van der Waals surface area contributed by atoms with E-state index in [1.807, 2.05) is 37.4 Å². The largest absolute Gasteiger partial charge is 0.294 e. The van der Waals surface area contributed by atoms with Crippen molar-refractivity contribution >= 4 is 23.2 Å². The number of benzene rings is 1. The van der Waals surface area contributed by atoms with Gasteiger partial charge in [-0.3, -0.25) is 4.90 Å². The molecule has 1 aromatic heterocycles. The summed E-state index contributed by atoms with van der Waals surface area (Å²) in [5, 5.41) is 9.09. The summed E-state index contributed by atoms with van der Waals surface area (Å²) < 4.78 is 0. The second-order valence-electron chi connectivity index (χ2n) is 4.46. The van der Waals surface area contributed by atoms with Gasteiger partial charge in [0.1, 0.15) is 0 Å². The fourth-order valence-corrected chi connectivity index (χ4v) is 2.27. The van der Waals surface area contributed by atoms with E-state index < -0.39 is 0 Å². The van der Waals surface area contributed by atoms with E-state index in [9.17, 15) is 0 Å². The molecule has 0 bridgehead atoms. The maximum absolute atomic E-state index is 6.21. The lowest BCUT2D eigenvalue weighted by Gasteiger charge is -2.25. The number of nitrogens with zero attached hydrogens (tertiary/aromatic N) is 3. The smallest absolute Gasteiger partial charge is 0.151 e. The van der Waals surface area contributed by atoms with E-state index in [-0.39, 0.29) is 6.04 Å².